The van der Waals surface area contributed by atoms with Crippen molar-refractivity contribution in [2.24, 2.45) is 0 Å². The highest BCUT2D eigenvalue weighted by Gasteiger charge is 2.28. The van der Waals surface area contributed by atoms with Crippen molar-refractivity contribution in [3.63, 3.8) is 0 Å². The predicted octanol–water partition coefficient (Wildman–Crippen LogP) is 5.45. The minimum atomic E-state index is -3.97. The second kappa shape index (κ2) is 11.6. The molecule has 3 rings (SSSR count). The van der Waals surface area contributed by atoms with Gasteiger partial charge in [-0.15, -0.1) is 11.8 Å². The van der Waals surface area contributed by atoms with E-state index in [9.17, 15) is 13.2 Å². The Morgan fingerprint density at radius 1 is 1.00 bits per heavy atom. The van der Waals surface area contributed by atoms with E-state index in [1.54, 1.807) is 61.2 Å². The Labute approximate surface area is 205 Å². The molecule has 0 bridgehead atoms. The third-order valence-electron chi connectivity index (χ3n) is 4.99. The number of nitrogens with one attached hydrogen (secondary N) is 1. The quantitative estimate of drug-likeness (QED) is 0.295. The molecular formula is C25H27ClN2O3S2. The number of amides is 1. The smallest absolute Gasteiger partial charge is 0.264 e. The average molecular weight is 503 g/mol. The summed E-state index contributed by atoms with van der Waals surface area (Å²) in [7, 11) is -3.97. The van der Waals surface area contributed by atoms with E-state index in [0.29, 0.717) is 22.8 Å². The summed E-state index contributed by atoms with van der Waals surface area (Å²) in [6.45, 7) is 3.82. The number of halogens is 1. The van der Waals surface area contributed by atoms with Crippen LogP contribution >= 0.6 is 23.4 Å². The molecule has 3 aromatic carbocycles. The second-order valence-electron chi connectivity index (χ2n) is 7.62. The van der Waals surface area contributed by atoms with Crippen LogP contribution in [0, 0.1) is 13.8 Å². The standard InChI is InChI=1S/C25H27ClN2O3S2/c1-19-9-13-23(14-10-19)33(30,31)28(24-17-21(26)12-11-20(24)2)18-25(29)27-15-6-16-32-22-7-4-3-5-8-22/h3-5,7-14,17H,6,15-16,18H2,1-2H3,(H,27,29). The van der Waals surface area contributed by atoms with Crippen LogP contribution in [0.1, 0.15) is 17.5 Å². The highest BCUT2D eigenvalue weighted by molar-refractivity contribution is 7.99. The summed E-state index contributed by atoms with van der Waals surface area (Å²) in [5.41, 5.74) is 2.05. The summed E-state index contributed by atoms with van der Waals surface area (Å²) in [6, 6.07) is 21.6. The summed E-state index contributed by atoms with van der Waals surface area (Å²) in [6.07, 6.45) is 0.770. The van der Waals surface area contributed by atoms with Crippen molar-refractivity contribution < 1.29 is 13.2 Å². The Kier molecular flexibility index (Phi) is 8.83. The molecule has 0 aliphatic carbocycles. The lowest BCUT2D eigenvalue weighted by Gasteiger charge is -2.26. The molecule has 0 saturated heterocycles. The van der Waals surface area contributed by atoms with Crippen LogP contribution in [-0.4, -0.2) is 33.2 Å². The predicted molar refractivity (Wildman–Crippen MR) is 137 cm³/mol. The molecule has 8 heteroatoms. The second-order valence-corrected chi connectivity index (χ2v) is 11.1. The highest BCUT2D eigenvalue weighted by Crippen LogP contribution is 2.29. The zero-order valence-corrected chi connectivity index (χ0v) is 21.0. The van der Waals surface area contributed by atoms with Gasteiger partial charge in [0, 0.05) is 16.5 Å². The Hall–Kier alpha value is -2.48. The van der Waals surface area contributed by atoms with Crippen molar-refractivity contribution in [3.8, 4) is 0 Å². The Balaban J connectivity index is 1.71. The SMILES string of the molecule is Cc1ccc(S(=O)(=O)N(CC(=O)NCCCSc2ccccc2)c2cc(Cl)ccc2C)cc1. The molecule has 0 radical (unpaired) electrons. The van der Waals surface area contributed by atoms with E-state index in [1.807, 2.05) is 37.3 Å². The number of sulfonamides is 1. The van der Waals surface area contributed by atoms with Gasteiger partial charge in [-0.05, 0) is 68.0 Å². The van der Waals surface area contributed by atoms with E-state index in [-0.39, 0.29) is 17.3 Å². The van der Waals surface area contributed by atoms with E-state index in [1.165, 1.54) is 4.90 Å². The Morgan fingerprint density at radius 2 is 1.70 bits per heavy atom. The van der Waals surface area contributed by atoms with Crippen LogP contribution in [0.5, 0.6) is 0 Å². The zero-order chi connectivity index (χ0) is 23.8. The average Bonchev–Trinajstić information content (AvgIpc) is 2.80. The van der Waals surface area contributed by atoms with Gasteiger partial charge < -0.3 is 5.32 Å². The monoisotopic (exact) mass is 502 g/mol. The molecule has 0 aromatic heterocycles. The first-order valence-electron chi connectivity index (χ1n) is 10.6. The van der Waals surface area contributed by atoms with Crippen molar-refractivity contribution in [1.82, 2.24) is 5.32 Å². The molecule has 1 N–H and O–H groups in total. The number of hydrogen-bond acceptors (Lipinski definition) is 4. The molecule has 5 nitrogen and oxygen atoms in total. The van der Waals surface area contributed by atoms with Crippen LogP contribution in [0.4, 0.5) is 5.69 Å². The molecule has 174 valence electrons. The summed E-state index contributed by atoms with van der Waals surface area (Å²) in [5, 5.41) is 3.25. The fourth-order valence-electron chi connectivity index (χ4n) is 3.18. The number of hydrogen-bond donors (Lipinski definition) is 1. The minimum Gasteiger partial charge on any atom is -0.354 e. The molecule has 1 amide bonds. The summed E-state index contributed by atoms with van der Waals surface area (Å²) >= 11 is 7.88. The molecule has 0 fully saturated rings. The van der Waals surface area contributed by atoms with E-state index in [0.717, 1.165) is 22.0 Å². The van der Waals surface area contributed by atoms with Gasteiger partial charge in [-0.2, -0.15) is 0 Å². The fraction of sp³-hybridized carbons (Fsp3) is 0.240. The molecule has 0 unspecified atom stereocenters. The van der Waals surface area contributed by atoms with Crippen LogP contribution in [-0.2, 0) is 14.8 Å². The first kappa shape index (κ1) is 25.1. The van der Waals surface area contributed by atoms with E-state index >= 15 is 0 Å². The fourth-order valence-corrected chi connectivity index (χ4v) is 5.70. The van der Waals surface area contributed by atoms with Gasteiger partial charge >= 0.3 is 0 Å². The van der Waals surface area contributed by atoms with Crippen LogP contribution in [0.3, 0.4) is 0 Å². The topological polar surface area (TPSA) is 66.5 Å². The number of thioether (sulfide) groups is 1. The lowest BCUT2D eigenvalue weighted by molar-refractivity contribution is -0.119. The van der Waals surface area contributed by atoms with Crippen LogP contribution in [0.2, 0.25) is 5.02 Å². The summed E-state index contributed by atoms with van der Waals surface area (Å²) in [4.78, 5) is 14.0. The molecule has 0 atom stereocenters. The number of carbonyl (C=O) groups excluding carboxylic acids is 1. The van der Waals surface area contributed by atoms with E-state index < -0.39 is 10.0 Å². The number of anilines is 1. The van der Waals surface area contributed by atoms with Gasteiger partial charge in [-0.1, -0.05) is 53.6 Å². The number of nitrogens with zero attached hydrogens (tertiary/aromatic N) is 1. The number of carbonyl (C=O) groups is 1. The van der Waals surface area contributed by atoms with Crippen molar-refractivity contribution >= 4 is 45.0 Å². The van der Waals surface area contributed by atoms with Gasteiger partial charge in [-0.3, -0.25) is 9.10 Å². The molecular weight excluding hydrogens is 476 g/mol. The third-order valence-corrected chi connectivity index (χ3v) is 8.10. The Morgan fingerprint density at radius 3 is 2.39 bits per heavy atom. The molecule has 33 heavy (non-hydrogen) atoms. The largest absolute Gasteiger partial charge is 0.354 e. The van der Waals surface area contributed by atoms with Gasteiger partial charge in [0.05, 0.1) is 10.6 Å². The van der Waals surface area contributed by atoms with Gasteiger partial charge in [-0.25, -0.2) is 8.42 Å². The third kappa shape index (κ3) is 7.00. The first-order chi connectivity index (χ1) is 15.8. The normalized spacial score (nSPS) is 11.2. The van der Waals surface area contributed by atoms with E-state index in [2.05, 4.69) is 5.32 Å². The van der Waals surface area contributed by atoms with Gasteiger partial charge in [0.2, 0.25) is 5.91 Å². The van der Waals surface area contributed by atoms with Crippen LogP contribution < -0.4 is 9.62 Å². The number of rotatable bonds is 10. The van der Waals surface area contributed by atoms with Gasteiger partial charge in [0.15, 0.2) is 0 Å². The number of benzene rings is 3. The number of aryl methyl sites for hydroxylation is 2. The maximum Gasteiger partial charge on any atom is 0.264 e. The molecule has 3 aromatic rings. The maximum atomic E-state index is 13.5. The van der Waals surface area contributed by atoms with Crippen molar-refractivity contribution in [2.45, 2.75) is 30.1 Å². The first-order valence-corrected chi connectivity index (χ1v) is 13.4. The van der Waals surface area contributed by atoms with Gasteiger partial charge in [0.1, 0.15) is 6.54 Å². The zero-order valence-electron chi connectivity index (χ0n) is 18.6. The Bertz CT molecular complexity index is 1180. The van der Waals surface area contributed by atoms with Crippen molar-refractivity contribution in [2.75, 3.05) is 23.1 Å². The molecule has 0 spiro atoms. The van der Waals surface area contributed by atoms with E-state index in [4.69, 9.17) is 11.6 Å². The molecule has 0 aliphatic rings. The maximum absolute atomic E-state index is 13.5. The lowest BCUT2D eigenvalue weighted by atomic mass is 10.2. The lowest BCUT2D eigenvalue weighted by Crippen LogP contribution is -2.41. The van der Waals surface area contributed by atoms with Crippen LogP contribution in [0.25, 0.3) is 0 Å². The minimum absolute atomic E-state index is 0.125. The molecule has 0 heterocycles. The van der Waals surface area contributed by atoms with Crippen molar-refractivity contribution in [1.29, 1.82) is 0 Å². The molecule has 0 saturated carbocycles. The van der Waals surface area contributed by atoms with Crippen LogP contribution in [0.15, 0.2) is 82.6 Å². The van der Waals surface area contributed by atoms with Gasteiger partial charge in [0.25, 0.3) is 10.0 Å². The highest BCUT2D eigenvalue weighted by atomic mass is 35.5. The van der Waals surface area contributed by atoms with Crippen molar-refractivity contribution in [3.05, 3.63) is 88.9 Å². The summed E-state index contributed by atoms with van der Waals surface area (Å²) < 4.78 is 28.1. The summed E-state index contributed by atoms with van der Waals surface area (Å²) in [5.74, 6) is 0.484. The molecule has 0 aliphatic heterocycles.